The molecule has 0 radical (unpaired) electrons. The van der Waals surface area contributed by atoms with E-state index in [-0.39, 0.29) is 24.3 Å². The van der Waals surface area contributed by atoms with Crippen LogP contribution in [0.3, 0.4) is 0 Å². The fourth-order valence-corrected chi connectivity index (χ4v) is 1.12. The molecule has 0 fully saturated rings. The van der Waals surface area contributed by atoms with E-state index in [0.29, 0.717) is 18.7 Å². The monoisotopic (exact) mass is 254 g/mol. The zero-order valence-electron chi connectivity index (χ0n) is 11.5. The molecular formula is C13H22N2O3. The minimum atomic E-state index is -0.285. The normalized spacial score (nSPS) is 12.5. The smallest absolute Gasteiger partial charge is 0.246 e. The number of rotatable bonds is 7. The van der Waals surface area contributed by atoms with Crippen molar-refractivity contribution in [3.8, 4) is 0 Å². The van der Waals surface area contributed by atoms with E-state index in [9.17, 15) is 14.4 Å². The molecule has 0 aromatic rings. The number of carbonyl (C=O) groups excluding carboxylic acids is 3. The van der Waals surface area contributed by atoms with Gasteiger partial charge in [-0.05, 0) is 18.9 Å². The first-order chi connectivity index (χ1) is 8.38. The predicted octanol–water partition coefficient (Wildman–Crippen LogP) is 0.751. The van der Waals surface area contributed by atoms with E-state index in [0.717, 1.165) is 6.08 Å². The highest BCUT2D eigenvalue weighted by molar-refractivity contribution is 5.91. The van der Waals surface area contributed by atoms with Gasteiger partial charge in [-0.15, -0.1) is 0 Å². The standard InChI is InChI=1S/C13H22N2O3/c1-10(2)11(3)14-12(17)7-8-15(4)13(18)6-5-9-16/h5-6,9-11H,7-8H2,1-4H3,(H,14,17)/b6-5-. The number of nitrogens with one attached hydrogen (secondary N) is 1. The minimum absolute atomic E-state index is 0.0739. The van der Waals surface area contributed by atoms with E-state index >= 15 is 0 Å². The number of likely N-dealkylation sites (N-methyl/N-ethyl adjacent to an activating group) is 1. The summed E-state index contributed by atoms with van der Waals surface area (Å²) in [6.45, 7) is 6.35. The molecule has 0 saturated heterocycles. The highest BCUT2D eigenvalue weighted by Gasteiger charge is 2.12. The Hall–Kier alpha value is -1.65. The Bertz CT molecular complexity index is 324. The van der Waals surface area contributed by atoms with Crippen LogP contribution in [-0.2, 0) is 14.4 Å². The molecule has 0 aromatic carbocycles. The second-order valence-corrected chi connectivity index (χ2v) is 4.61. The quantitative estimate of drug-likeness (QED) is 0.538. The van der Waals surface area contributed by atoms with E-state index in [1.807, 2.05) is 20.8 Å². The van der Waals surface area contributed by atoms with Crippen molar-refractivity contribution < 1.29 is 14.4 Å². The first kappa shape index (κ1) is 16.4. The number of hydrogen-bond donors (Lipinski definition) is 1. The average Bonchev–Trinajstić information content (AvgIpc) is 2.32. The lowest BCUT2D eigenvalue weighted by molar-refractivity contribution is -0.126. The van der Waals surface area contributed by atoms with Gasteiger partial charge >= 0.3 is 0 Å². The second-order valence-electron chi connectivity index (χ2n) is 4.61. The molecule has 102 valence electrons. The maximum absolute atomic E-state index is 11.6. The molecule has 0 bridgehead atoms. The molecule has 18 heavy (non-hydrogen) atoms. The second kappa shape index (κ2) is 8.44. The van der Waals surface area contributed by atoms with Gasteiger partial charge in [0.25, 0.3) is 0 Å². The molecule has 1 unspecified atom stereocenters. The summed E-state index contributed by atoms with van der Waals surface area (Å²) in [7, 11) is 1.59. The molecule has 5 heteroatoms. The van der Waals surface area contributed by atoms with Gasteiger partial charge < -0.3 is 10.2 Å². The minimum Gasteiger partial charge on any atom is -0.353 e. The molecule has 0 heterocycles. The van der Waals surface area contributed by atoms with Crippen LogP contribution < -0.4 is 5.32 Å². The fourth-order valence-electron chi connectivity index (χ4n) is 1.12. The van der Waals surface area contributed by atoms with Gasteiger partial charge in [0, 0.05) is 32.1 Å². The number of amides is 2. The topological polar surface area (TPSA) is 66.5 Å². The van der Waals surface area contributed by atoms with Crippen molar-refractivity contribution >= 4 is 18.1 Å². The number of allylic oxidation sites excluding steroid dienone is 1. The van der Waals surface area contributed by atoms with Gasteiger partial charge in [0.15, 0.2) is 0 Å². The predicted molar refractivity (Wildman–Crippen MR) is 69.9 cm³/mol. The fraction of sp³-hybridized carbons (Fsp3) is 0.615. The summed E-state index contributed by atoms with van der Waals surface area (Å²) in [5, 5.41) is 2.87. The Labute approximate surface area is 108 Å². The third-order valence-corrected chi connectivity index (χ3v) is 2.76. The summed E-state index contributed by atoms with van der Waals surface area (Å²) in [6.07, 6.45) is 3.12. The Morgan fingerprint density at radius 1 is 1.28 bits per heavy atom. The van der Waals surface area contributed by atoms with Gasteiger partial charge in [-0.1, -0.05) is 13.8 Å². The molecule has 0 aliphatic carbocycles. The van der Waals surface area contributed by atoms with Crippen molar-refractivity contribution in [1.82, 2.24) is 10.2 Å². The van der Waals surface area contributed by atoms with Crippen LogP contribution in [0.25, 0.3) is 0 Å². The lowest BCUT2D eigenvalue weighted by Crippen LogP contribution is -2.38. The molecule has 0 aliphatic heterocycles. The van der Waals surface area contributed by atoms with Crippen LogP contribution in [0.1, 0.15) is 27.2 Å². The highest BCUT2D eigenvalue weighted by atomic mass is 16.2. The summed E-state index contributed by atoms with van der Waals surface area (Å²) >= 11 is 0. The summed E-state index contributed by atoms with van der Waals surface area (Å²) in [6, 6.07) is 0.119. The SMILES string of the molecule is CC(C)C(C)NC(=O)CCN(C)C(=O)/C=C\C=O. The first-order valence-electron chi connectivity index (χ1n) is 6.04. The average molecular weight is 254 g/mol. The number of nitrogens with zero attached hydrogens (tertiary/aromatic N) is 1. The number of aldehydes is 1. The maximum atomic E-state index is 11.6. The van der Waals surface area contributed by atoms with Gasteiger partial charge in [-0.3, -0.25) is 14.4 Å². The van der Waals surface area contributed by atoms with E-state index in [1.54, 1.807) is 7.05 Å². The summed E-state index contributed by atoms with van der Waals surface area (Å²) in [5.74, 6) is 0.0193. The van der Waals surface area contributed by atoms with E-state index in [4.69, 9.17) is 0 Å². The van der Waals surface area contributed by atoms with Crippen LogP contribution in [-0.4, -0.2) is 42.6 Å². The molecule has 0 aliphatic rings. The molecule has 0 spiro atoms. The Morgan fingerprint density at radius 3 is 2.39 bits per heavy atom. The molecule has 5 nitrogen and oxygen atoms in total. The molecule has 1 atom stereocenters. The van der Waals surface area contributed by atoms with Crippen molar-refractivity contribution in [2.45, 2.75) is 33.2 Å². The first-order valence-corrected chi connectivity index (χ1v) is 6.04. The van der Waals surface area contributed by atoms with Gasteiger partial charge in [-0.25, -0.2) is 0 Å². The van der Waals surface area contributed by atoms with E-state index in [1.165, 1.54) is 11.0 Å². The van der Waals surface area contributed by atoms with Crippen molar-refractivity contribution in [2.24, 2.45) is 5.92 Å². The van der Waals surface area contributed by atoms with Crippen molar-refractivity contribution in [2.75, 3.05) is 13.6 Å². The van der Waals surface area contributed by atoms with Crippen LogP contribution in [0.5, 0.6) is 0 Å². The van der Waals surface area contributed by atoms with Crippen LogP contribution in [0.4, 0.5) is 0 Å². The summed E-state index contributed by atoms with van der Waals surface area (Å²) in [5.41, 5.74) is 0. The molecule has 1 N–H and O–H groups in total. The van der Waals surface area contributed by atoms with E-state index in [2.05, 4.69) is 5.32 Å². The molecule has 0 saturated carbocycles. The zero-order valence-corrected chi connectivity index (χ0v) is 11.5. The van der Waals surface area contributed by atoms with Crippen molar-refractivity contribution in [1.29, 1.82) is 0 Å². The summed E-state index contributed by atoms with van der Waals surface area (Å²) in [4.78, 5) is 34.4. The number of carbonyl (C=O) groups is 3. The third kappa shape index (κ3) is 6.83. The van der Waals surface area contributed by atoms with Gasteiger partial charge in [0.05, 0.1) is 0 Å². The third-order valence-electron chi connectivity index (χ3n) is 2.76. The maximum Gasteiger partial charge on any atom is 0.246 e. The zero-order chi connectivity index (χ0) is 14.1. The van der Waals surface area contributed by atoms with Gasteiger partial charge in [-0.2, -0.15) is 0 Å². The molecule has 2 amide bonds. The van der Waals surface area contributed by atoms with Crippen LogP contribution >= 0.6 is 0 Å². The molecular weight excluding hydrogens is 232 g/mol. The van der Waals surface area contributed by atoms with Crippen LogP contribution in [0.2, 0.25) is 0 Å². The van der Waals surface area contributed by atoms with Crippen LogP contribution in [0.15, 0.2) is 12.2 Å². The van der Waals surface area contributed by atoms with E-state index < -0.39 is 0 Å². The summed E-state index contributed by atoms with van der Waals surface area (Å²) < 4.78 is 0. The lowest BCUT2D eigenvalue weighted by atomic mass is 10.1. The van der Waals surface area contributed by atoms with Crippen molar-refractivity contribution in [3.63, 3.8) is 0 Å². The van der Waals surface area contributed by atoms with Gasteiger partial charge in [0.2, 0.25) is 11.8 Å². The van der Waals surface area contributed by atoms with Crippen molar-refractivity contribution in [3.05, 3.63) is 12.2 Å². The highest BCUT2D eigenvalue weighted by Crippen LogP contribution is 2.00. The molecule has 0 aromatic heterocycles. The Kier molecular flexibility index (Phi) is 7.67. The Balaban J connectivity index is 4.02. The molecule has 0 rings (SSSR count). The number of hydrogen-bond acceptors (Lipinski definition) is 3. The Morgan fingerprint density at radius 2 is 1.89 bits per heavy atom. The largest absolute Gasteiger partial charge is 0.353 e. The lowest BCUT2D eigenvalue weighted by Gasteiger charge is -2.19. The van der Waals surface area contributed by atoms with Gasteiger partial charge in [0.1, 0.15) is 6.29 Å². The van der Waals surface area contributed by atoms with Crippen LogP contribution in [0, 0.1) is 5.92 Å².